The summed E-state index contributed by atoms with van der Waals surface area (Å²) in [5, 5.41) is 0. The fourth-order valence-electron chi connectivity index (χ4n) is 7.09. The minimum atomic E-state index is -0.764. The highest BCUT2D eigenvalue weighted by molar-refractivity contribution is 5.71. The van der Waals surface area contributed by atoms with E-state index >= 15 is 0 Å². The number of ether oxygens (including phenoxy) is 3. The summed E-state index contributed by atoms with van der Waals surface area (Å²) < 4.78 is 16.7. The van der Waals surface area contributed by atoms with E-state index in [2.05, 4.69) is 32.9 Å². The molecule has 1 unspecified atom stereocenters. The number of unbranched alkanes of at least 4 members (excludes halogenated alkanes) is 31. The average molecular weight is 777 g/mol. The predicted octanol–water partition coefficient (Wildman–Crippen LogP) is 15.4. The van der Waals surface area contributed by atoms with Crippen molar-refractivity contribution in [2.75, 3.05) is 13.2 Å². The molecule has 6 nitrogen and oxygen atoms in total. The van der Waals surface area contributed by atoms with Crippen molar-refractivity contribution in [3.63, 3.8) is 0 Å². The third-order valence-electron chi connectivity index (χ3n) is 10.8. The first kappa shape index (κ1) is 53.1. The van der Waals surface area contributed by atoms with Crippen LogP contribution in [-0.2, 0) is 28.6 Å². The van der Waals surface area contributed by atoms with Crippen molar-refractivity contribution >= 4 is 17.9 Å². The second-order valence-electron chi connectivity index (χ2n) is 16.4. The topological polar surface area (TPSA) is 78.9 Å². The van der Waals surface area contributed by atoms with E-state index in [1.165, 1.54) is 154 Å². The zero-order valence-electron chi connectivity index (χ0n) is 37.0. The molecule has 0 aromatic rings. The zero-order chi connectivity index (χ0) is 40.1. The van der Waals surface area contributed by atoms with Crippen molar-refractivity contribution < 1.29 is 28.6 Å². The van der Waals surface area contributed by atoms with Crippen molar-refractivity contribution in [1.82, 2.24) is 0 Å². The molecule has 0 aliphatic rings. The molecule has 1 atom stereocenters. The van der Waals surface area contributed by atoms with Crippen LogP contribution in [0, 0.1) is 0 Å². The molecular weight excluding hydrogens is 685 g/mol. The second-order valence-corrected chi connectivity index (χ2v) is 16.4. The van der Waals surface area contributed by atoms with Crippen LogP contribution in [0.5, 0.6) is 0 Å². The molecule has 0 heterocycles. The van der Waals surface area contributed by atoms with Crippen LogP contribution in [0.4, 0.5) is 0 Å². The molecule has 0 saturated carbocycles. The van der Waals surface area contributed by atoms with Crippen molar-refractivity contribution in [3.8, 4) is 0 Å². The van der Waals surface area contributed by atoms with Gasteiger partial charge in [0.2, 0.25) is 0 Å². The highest BCUT2D eigenvalue weighted by Gasteiger charge is 2.19. The Balaban J connectivity index is 4.30. The number of rotatable bonds is 44. The van der Waals surface area contributed by atoms with Gasteiger partial charge in [-0.2, -0.15) is 0 Å². The van der Waals surface area contributed by atoms with Gasteiger partial charge in [0.25, 0.3) is 0 Å². The highest BCUT2D eigenvalue weighted by atomic mass is 16.6. The standard InChI is InChI=1S/C49H92O6/c1-4-7-10-13-16-19-22-24-25-26-28-30-33-36-39-42-48(51)54-45-46(44-53-47(50)41-38-35-32-29-21-18-15-12-9-6-3)55-49(52)43-40-37-34-31-27-23-20-17-14-11-8-5-2/h12,15,46H,4-11,13-14,16-45H2,1-3H3/b15-12-. The molecule has 0 fully saturated rings. The lowest BCUT2D eigenvalue weighted by atomic mass is 10.0. The molecule has 0 spiro atoms. The Morgan fingerprint density at radius 3 is 0.982 bits per heavy atom. The molecule has 0 amide bonds. The van der Waals surface area contributed by atoms with E-state index < -0.39 is 6.10 Å². The second kappa shape index (κ2) is 44.9. The Morgan fingerprint density at radius 2 is 0.636 bits per heavy atom. The maximum absolute atomic E-state index is 12.7. The van der Waals surface area contributed by atoms with Crippen molar-refractivity contribution in [1.29, 1.82) is 0 Å². The summed E-state index contributed by atoms with van der Waals surface area (Å²) in [6, 6.07) is 0. The number of hydrogen-bond acceptors (Lipinski definition) is 6. The van der Waals surface area contributed by atoms with Gasteiger partial charge >= 0.3 is 17.9 Å². The first-order chi connectivity index (χ1) is 27.0. The van der Waals surface area contributed by atoms with Gasteiger partial charge in [0.05, 0.1) is 0 Å². The number of hydrogen-bond donors (Lipinski definition) is 0. The largest absolute Gasteiger partial charge is 0.462 e. The number of esters is 3. The Morgan fingerprint density at radius 1 is 0.345 bits per heavy atom. The third-order valence-corrected chi connectivity index (χ3v) is 10.8. The molecule has 324 valence electrons. The van der Waals surface area contributed by atoms with E-state index in [9.17, 15) is 14.4 Å². The molecule has 55 heavy (non-hydrogen) atoms. The summed E-state index contributed by atoms with van der Waals surface area (Å²) in [5.74, 6) is -0.867. The van der Waals surface area contributed by atoms with Crippen molar-refractivity contribution in [2.24, 2.45) is 0 Å². The van der Waals surface area contributed by atoms with Crippen LogP contribution in [-0.4, -0.2) is 37.2 Å². The van der Waals surface area contributed by atoms with Crippen LogP contribution in [0.25, 0.3) is 0 Å². The molecule has 0 aromatic carbocycles. The highest BCUT2D eigenvalue weighted by Crippen LogP contribution is 2.16. The van der Waals surface area contributed by atoms with Crippen LogP contribution in [0.3, 0.4) is 0 Å². The fourth-order valence-corrected chi connectivity index (χ4v) is 7.09. The first-order valence-corrected chi connectivity index (χ1v) is 24.2. The lowest BCUT2D eigenvalue weighted by Crippen LogP contribution is -2.30. The summed E-state index contributed by atoms with van der Waals surface area (Å²) in [5.41, 5.74) is 0. The summed E-state index contributed by atoms with van der Waals surface area (Å²) in [7, 11) is 0. The molecule has 0 aliphatic carbocycles. The van der Waals surface area contributed by atoms with Crippen LogP contribution < -0.4 is 0 Å². The molecule has 0 rings (SSSR count). The van der Waals surface area contributed by atoms with E-state index in [-0.39, 0.29) is 31.1 Å². The molecular formula is C49H92O6. The minimum absolute atomic E-state index is 0.0677. The van der Waals surface area contributed by atoms with E-state index in [0.717, 1.165) is 70.6 Å². The van der Waals surface area contributed by atoms with E-state index in [4.69, 9.17) is 14.2 Å². The summed E-state index contributed by atoms with van der Waals surface area (Å²) in [6.07, 6.45) is 47.6. The van der Waals surface area contributed by atoms with Gasteiger partial charge in [-0.05, 0) is 38.5 Å². The van der Waals surface area contributed by atoms with Gasteiger partial charge in [-0.15, -0.1) is 0 Å². The lowest BCUT2D eigenvalue weighted by Gasteiger charge is -2.18. The number of carbonyl (C=O) groups excluding carboxylic acids is 3. The number of allylic oxidation sites excluding steroid dienone is 2. The number of carbonyl (C=O) groups is 3. The Hall–Kier alpha value is -1.85. The van der Waals surface area contributed by atoms with Gasteiger partial charge in [0.1, 0.15) is 13.2 Å². The predicted molar refractivity (Wildman–Crippen MR) is 233 cm³/mol. The summed E-state index contributed by atoms with van der Waals surface area (Å²) in [6.45, 7) is 6.59. The van der Waals surface area contributed by atoms with Gasteiger partial charge < -0.3 is 14.2 Å². The maximum Gasteiger partial charge on any atom is 0.306 e. The Bertz CT molecular complexity index is 854. The van der Waals surface area contributed by atoms with Crippen LogP contribution >= 0.6 is 0 Å². The molecule has 0 radical (unpaired) electrons. The van der Waals surface area contributed by atoms with E-state index in [1.54, 1.807) is 0 Å². The maximum atomic E-state index is 12.7. The monoisotopic (exact) mass is 777 g/mol. The van der Waals surface area contributed by atoms with Crippen LogP contribution in [0.2, 0.25) is 0 Å². The van der Waals surface area contributed by atoms with Gasteiger partial charge in [0.15, 0.2) is 6.10 Å². The van der Waals surface area contributed by atoms with Gasteiger partial charge in [-0.3, -0.25) is 14.4 Å². The fraction of sp³-hybridized carbons (Fsp3) is 0.898. The Kier molecular flexibility index (Phi) is 43.4. The SMILES string of the molecule is CCC/C=C\CCCCCCCC(=O)OCC(COC(=O)CCCCCCCCCCCCCCCCC)OC(=O)CCCCCCCCCCCCCC. The van der Waals surface area contributed by atoms with Crippen LogP contribution in [0.1, 0.15) is 265 Å². The molecule has 0 aromatic heterocycles. The summed E-state index contributed by atoms with van der Waals surface area (Å²) in [4.78, 5) is 37.8. The lowest BCUT2D eigenvalue weighted by molar-refractivity contribution is -0.167. The minimum Gasteiger partial charge on any atom is -0.462 e. The van der Waals surface area contributed by atoms with Gasteiger partial charge in [0, 0.05) is 19.3 Å². The normalized spacial score (nSPS) is 12.0. The molecule has 0 saturated heterocycles. The summed E-state index contributed by atoms with van der Waals surface area (Å²) >= 11 is 0. The van der Waals surface area contributed by atoms with Crippen molar-refractivity contribution in [2.45, 2.75) is 271 Å². The zero-order valence-corrected chi connectivity index (χ0v) is 37.0. The smallest absolute Gasteiger partial charge is 0.306 e. The van der Waals surface area contributed by atoms with Gasteiger partial charge in [-0.25, -0.2) is 0 Å². The van der Waals surface area contributed by atoms with Gasteiger partial charge in [-0.1, -0.05) is 219 Å². The quantitative estimate of drug-likeness (QED) is 0.0265. The van der Waals surface area contributed by atoms with Crippen molar-refractivity contribution in [3.05, 3.63) is 12.2 Å². The molecule has 0 N–H and O–H groups in total. The Labute approximate surface area is 341 Å². The van der Waals surface area contributed by atoms with E-state index in [1.807, 2.05) is 0 Å². The van der Waals surface area contributed by atoms with E-state index in [0.29, 0.717) is 19.3 Å². The van der Waals surface area contributed by atoms with Crippen LogP contribution in [0.15, 0.2) is 12.2 Å². The average Bonchev–Trinajstić information content (AvgIpc) is 3.18. The molecule has 0 bridgehead atoms. The third kappa shape index (κ3) is 43.1. The molecule has 0 aliphatic heterocycles. The first-order valence-electron chi connectivity index (χ1n) is 24.2. The molecule has 6 heteroatoms.